The number of nitrogens with zero attached hydrogens (tertiary/aromatic N) is 1. The van der Waals surface area contributed by atoms with Gasteiger partial charge in [-0.1, -0.05) is 27.2 Å². The largest absolute Gasteiger partial charge is 0.309 e. The van der Waals surface area contributed by atoms with Crippen LogP contribution in [0, 0.1) is 23.7 Å². The van der Waals surface area contributed by atoms with Crippen molar-refractivity contribution in [3.8, 4) is 0 Å². The van der Waals surface area contributed by atoms with Gasteiger partial charge < -0.3 is 4.90 Å². The van der Waals surface area contributed by atoms with Gasteiger partial charge in [-0.3, -0.25) is 0 Å². The summed E-state index contributed by atoms with van der Waals surface area (Å²) in [5.41, 5.74) is 0. The van der Waals surface area contributed by atoms with Crippen LogP contribution in [0.2, 0.25) is 0 Å². The van der Waals surface area contributed by atoms with Crippen LogP contribution in [-0.4, -0.2) is 25.5 Å². The van der Waals surface area contributed by atoms with Crippen LogP contribution in [0.4, 0.5) is 0 Å². The van der Waals surface area contributed by atoms with Crippen molar-refractivity contribution in [1.29, 1.82) is 0 Å². The molecular weight excluding hydrogens is 146 g/mol. The second-order valence-electron chi connectivity index (χ2n) is 4.72. The van der Waals surface area contributed by atoms with E-state index in [1.165, 1.54) is 13.0 Å². The van der Waals surface area contributed by atoms with Crippen LogP contribution in [0.15, 0.2) is 0 Å². The van der Waals surface area contributed by atoms with Gasteiger partial charge in [-0.05, 0) is 37.8 Å². The van der Waals surface area contributed by atoms with E-state index in [0.29, 0.717) is 0 Å². The Kier molecular flexibility index (Phi) is 3.16. The molecule has 0 amide bonds. The van der Waals surface area contributed by atoms with Gasteiger partial charge in [0.1, 0.15) is 0 Å². The summed E-state index contributed by atoms with van der Waals surface area (Å²) < 4.78 is 0. The fourth-order valence-corrected chi connectivity index (χ4v) is 2.81. The average molecular weight is 169 g/mol. The summed E-state index contributed by atoms with van der Waals surface area (Å²) in [4.78, 5) is 2.33. The molecule has 0 spiro atoms. The highest BCUT2D eigenvalue weighted by molar-refractivity contribution is 4.92. The molecule has 1 saturated carbocycles. The third-order valence-electron chi connectivity index (χ3n) is 3.78. The Labute approximate surface area is 77.1 Å². The maximum Gasteiger partial charge on any atom is 0.000896 e. The Morgan fingerprint density at radius 2 is 1.50 bits per heavy atom. The van der Waals surface area contributed by atoms with Crippen molar-refractivity contribution in [1.82, 2.24) is 4.90 Å². The summed E-state index contributed by atoms with van der Waals surface area (Å²) >= 11 is 0. The Morgan fingerprint density at radius 3 is 1.92 bits per heavy atom. The molecule has 4 atom stereocenters. The average Bonchev–Trinajstić information content (AvgIpc) is 2.03. The predicted molar refractivity (Wildman–Crippen MR) is 54.2 cm³/mol. The van der Waals surface area contributed by atoms with Crippen LogP contribution in [0.3, 0.4) is 0 Å². The van der Waals surface area contributed by atoms with Gasteiger partial charge in [-0.2, -0.15) is 0 Å². The lowest BCUT2D eigenvalue weighted by Crippen LogP contribution is -2.48. The molecule has 1 nitrogen and oxygen atoms in total. The fraction of sp³-hybridized carbons (Fsp3) is 1.00. The third-order valence-corrected chi connectivity index (χ3v) is 3.78. The molecule has 0 N–H and O–H groups in total. The highest BCUT2D eigenvalue weighted by Gasteiger charge is 2.43. The first-order valence-electron chi connectivity index (χ1n) is 5.22. The van der Waals surface area contributed by atoms with Crippen molar-refractivity contribution in [3.63, 3.8) is 0 Å². The topological polar surface area (TPSA) is 3.24 Å². The highest BCUT2D eigenvalue weighted by atomic mass is 15.1. The smallest absolute Gasteiger partial charge is 0.000896 e. The zero-order chi connectivity index (χ0) is 9.30. The molecular formula is C11H23N. The first-order valence-corrected chi connectivity index (χ1v) is 5.22. The predicted octanol–water partition coefficient (Wildman–Crippen LogP) is 2.48. The van der Waals surface area contributed by atoms with Gasteiger partial charge in [-0.25, -0.2) is 0 Å². The molecule has 0 saturated heterocycles. The van der Waals surface area contributed by atoms with Crippen molar-refractivity contribution in [2.45, 2.75) is 27.2 Å². The van der Waals surface area contributed by atoms with Crippen LogP contribution in [0.5, 0.6) is 0 Å². The molecule has 0 aromatic carbocycles. The molecule has 0 heterocycles. The van der Waals surface area contributed by atoms with Crippen LogP contribution in [-0.2, 0) is 0 Å². The van der Waals surface area contributed by atoms with Crippen molar-refractivity contribution >= 4 is 0 Å². The van der Waals surface area contributed by atoms with E-state index in [1.54, 1.807) is 0 Å². The molecule has 1 fully saturated rings. The van der Waals surface area contributed by atoms with Crippen LogP contribution in [0.1, 0.15) is 27.2 Å². The van der Waals surface area contributed by atoms with Gasteiger partial charge in [0.25, 0.3) is 0 Å². The van der Waals surface area contributed by atoms with E-state index in [2.05, 4.69) is 39.8 Å². The molecule has 72 valence electrons. The van der Waals surface area contributed by atoms with Gasteiger partial charge in [0.05, 0.1) is 0 Å². The van der Waals surface area contributed by atoms with Gasteiger partial charge in [0.15, 0.2) is 0 Å². The zero-order valence-electron chi connectivity index (χ0n) is 9.17. The maximum absolute atomic E-state index is 2.41. The van der Waals surface area contributed by atoms with E-state index in [-0.39, 0.29) is 0 Å². The van der Waals surface area contributed by atoms with Crippen LogP contribution >= 0.6 is 0 Å². The molecule has 0 aromatic rings. The molecule has 12 heavy (non-hydrogen) atoms. The summed E-state index contributed by atoms with van der Waals surface area (Å²) in [6, 6.07) is 0. The van der Waals surface area contributed by atoms with E-state index < -0.39 is 0 Å². The first kappa shape index (κ1) is 10.0. The fourth-order valence-electron chi connectivity index (χ4n) is 2.81. The molecule has 1 aliphatic carbocycles. The van der Waals surface area contributed by atoms with Crippen molar-refractivity contribution in [2.75, 3.05) is 20.6 Å². The second-order valence-corrected chi connectivity index (χ2v) is 4.72. The molecule has 0 aliphatic heterocycles. The Hall–Kier alpha value is -0.0400. The maximum atomic E-state index is 2.41. The lowest BCUT2D eigenvalue weighted by Gasteiger charge is -2.50. The molecule has 1 aliphatic rings. The standard InChI is InChI=1S/C11H23N/c1-6-10-8(2)9(3)11(10)7-12(4)5/h8-11H,6-7H2,1-5H3. The van der Waals surface area contributed by atoms with E-state index in [1.807, 2.05) is 0 Å². The molecule has 0 radical (unpaired) electrons. The molecule has 1 heteroatoms. The minimum atomic E-state index is 0.942. The van der Waals surface area contributed by atoms with Crippen molar-refractivity contribution in [3.05, 3.63) is 0 Å². The van der Waals surface area contributed by atoms with E-state index in [4.69, 9.17) is 0 Å². The number of rotatable bonds is 3. The minimum absolute atomic E-state index is 0.942. The third kappa shape index (κ3) is 1.66. The number of hydrogen-bond donors (Lipinski definition) is 0. The van der Waals surface area contributed by atoms with Crippen LogP contribution in [0.25, 0.3) is 0 Å². The highest BCUT2D eigenvalue weighted by Crippen LogP contribution is 2.47. The molecule has 0 aromatic heterocycles. The Morgan fingerprint density at radius 1 is 1.00 bits per heavy atom. The molecule has 0 bridgehead atoms. The van der Waals surface area contributed by atoms with Crippen molar-refractivity contribution in [2.24, 2.45) is 23.7 Å². The summed E-state index contributed by atoms with van der Waals surface area (Å²) in [6.45, 7) is 8.43. The van der Waals surface area contributed by atoms with Gasteiger partial charge in [0.2, 0.25) is 0 Å². The van der Waals surface area contributed by atoms with E-state index in [0.717, 1.165) is 23.7 Å². The molecule has 4 unspecified atom stereocenters. The Bertz CT molecular complexity index is 142. The quantitative estimate of drug-likeness (QED) is 0.627. The monoisotopic (exact) mass is 169 g/mol. The lowest BCUT2D eigenvalue weighted by atomic mass is 9.57. The van der Waals surface area contributed by atoms with Gasteiger partial charge >= 0.3 is 0 Å². The minimum Gasteiger partial charge on any atom is -0.309 e. The second kappa shape index (κ2) is 3.78. The van der Waals surface area contributed by atoms with Crippen molar-refractivity contribution < 1.29 is 0 Å². The summed E-state index contributed by atoms with van der Waals surface area (Å²) in [7, 11) is 4.37. The lowest BCUT2D eigenvalue weighted by molar-refractivity contribution is -0.0156. The zero-order valence-corrected chi connectivity index (χ0v) is 9.17. The summed E-state index contributed by atoms with van der Waals surface area (Å²) in [6.07, 6.45) is 1.37. The van der Waals surface area contributed by atoms with Gasteiger partial charge in [0, 0.05) is 6.54 Å². The van der Waals surface area contributed by atoms with Crippen LogP contribution < -0.4 is 0 Å². The summed E-state index contributed by atoms with van der Waals surface area (Å²) in [5, 5.41) is 0. The van der Waals surface area contributed by atoms with E-state index >= 15 is 0 Å². The molecule has 1 rings (SSSR count). The van der Waals surface area contributed by atoms with E-state index in [9.17, 15) is 0 Å². The van der Waals surface area contributed by atoms with Gasteiger partial charge in [-0.15, -0.1) is 0 Å². The summed E-state index contributed by atoms with van der Waals surface area (Å²) in [5.74, 6) is 3.85. The Balaban J connectivity index is 2.42. The SMILES string of the molecule is CCC1C(C)C(C)C1CN(C)C. The first-order chi connectivity index (χ1) is 5.57. The number of hydrogen-bond acceptors (Lipinski definition) is 1. The normalized spacial score (nSPS) is 41.5.